The average Bonchev–Trinajstić information content (AvgIpc) is 3.26. The summed E-state index contributed by atoms with van der Waals surface area (Å²) in [5, 5.41) is 6.09. The molecule has 1 aliphatic rings. The third-order valence-corrected chi connectivity index (χ3v) is 3.89. The number of benzene rings is 1. The van der Waals surface area contributed by atoms with Gasteiger partial charge in [0.25, 0.3) is 5.91 Å². The van der Waals surface area contributed by atoms with Crippen LogP contribution in [-0.2, 0) is 14.3 Å². The molecule has 132 valence electrons. The van der Waals surface area contributed by atoms with E-state index in [1.54, 1.807) is 0 Å². The number of hydrogen-bond acceptors (Lipinski definition) is 6. The van der Waals surface area contributed by atoms with E-state index in [9.17, 15) is 18.4 Å². The summed E-state index contributed by atoms with van der Waals surface area (Å²) < 4.78 is 41.8. The molecule has 0 radical (unpaired) electrons. The van der Waals surface area contributed by atoms with Crippen LogP contribution in [0.15, 0.2) is 28.8 Å². The maximum absolute atomic E-state index is 13.8. The quantitative estimate of drug-likeness (QED) is 0.842. The number of amides is 1. The van der Waals surface area contributed by atoms with Crippen LogP contribution in [0.5, 0.6) is 0 Å². The van der Waals surface area contributed by atoms with Crippen molar-refractivity contribution in [3.63, 3.8) is 0 Å². The number of carbonyl (C=O) groups excluding carboxylic acids is 2. The lowest BCUT2D eigenvalue weighted by Crippen LogP contribution is -2.55. The smallest absolute Gasteiger partial charge is 0.334 e. The zero-order valence-electron chi connectivity index (χ0n) is 13.2. The molecular weight excluding hydrogens is 338 g/mol. The Morgan fingerprint density at radius 2 is 2.12 bits per heavy atom. The molecule has 9 heteroatoms. The van der Waals surface area contributed by atoms with Crippen molar-refractivity contribution in [1.29, 1.82) is 0 Å². The van der Waals surface area contributed by atoms with Gasteiger partial charge < -0.3 is 19.3 Å². The monoisotopic (exact) mass is 352 g/mol. The molecule has 1 aliphatic heterocycles. The Kier molecular flexibility index (Phi) is 4.49. The third kappa shape index (κ3) is 3.22. The summed E-state index contributed by atoms with van der Waals surface area (Å²) in [4.78, 5) is 24.3. The number of aromatic nitrogens is 1. The summed E-state index contributed by atoms with van der Waals surface area (Å²) in [5.74, 6) is -3.01. The Balaban J connectivity index is 1.83. The van der Waals surface area contributed by atoms with Crippen molar-refractivity contribution >= 4 is 11.9 Å². The van der Waals surface area contributed by atoms with Gasteiger partial charge in [0.05, 0.1) is 13.7 Å². The molecule has 7 nitrogen and oxygen atoms in total. The first kappa shape index (κ1) is 17.0. The van der Waals surface area contributed by atoms with Gasteiger partial charge in [-0.1, -0.05) is 5.16 Å². The predicted octanol–water partition coefficient (Wildman–Crippen LogP) is 1.68. The third-order valence-electron chi connectivity index (χ3n) is 3.89. The molecule has 1 saturated heterocycles. The van der Waals surface area contributed by atoms with E-state index in [1.807, 2.05) is 0 Å². The maximum atomic E-state index is 13.8. The first-order chi connectivity index (χ1) is 11.9. The van der Waals surface area contributed by atoms with E-state index < -0.39 is 29.0 Å². The maximum Gasteiger partial charge on any atom is 0.334 e. The highest BCUT2D eigenvalue weighted by molar-refractivity contribution is 5.97. The molecule has 2 aromatic rings. The minimum atomic E-state index is -1.32. The van der Waals surface area contributed by atoms with Crippen LogP contribution in [-0.4, -0.2) is 42.9 Å². The van der Waals surface area contributed by atoms with E-state index in [-0.39, 0.29) is 36.7 Å². The second-order valence-electron chi connectivity index (χ2n) is 5.53. The Labute approximate surface area is 140 Å². The van der Waals surface area contributed by atoms with Crippen LogP contribution in [0.3, 0.4) is 0 Å². The van der Waals surface area contributed by atoms with Crippen molar-refractivity contribution in [2.45, 2.75) is 12.0 Å². The van der Waals surface area contributed by atoms with E-state index in [2.05, 4.69) is 10.5 Å². The van der Waals surface area contributed by atoms with Crippen molar-refractivity contribution < 1.29 is 32.4 Å². The van der Waals surface area contributed by atoms with E-state index >= 15 is 0 Å². The molecule has 1 fully saturated rings. The number of halogens is 2. The molecule has 0 spiro atoms. The van der Waals surface area contributed by atoms with Gasteiger partial charge in [-0.05, 0) is 18.2 Å². The highest BCUT2D eigenvalue weighted by atomic mass is 19.1. The lowest BCUT2D eigenvalue weighted by atomic mass is 9.98. The molecule has 0 unspecified atom stereocenters. The molecule has 0 bridgehead atoms. The Morgan fingerprint density at radius 1 is 1.32 bits per heavy atom. The fourth-order valence-electron chi connectivity index (χ4n) is 2.55. The van der Waals surface area contributed by atoms with Gasteiger partial charge in [-0.2, -0.15) is 0 Å². The molecule has 0 saturated carbocycles. The van der Waals surface area contributed by atoms with Crippen molar-refractivity contribution in [1.82, 2.24) is 10.5 Å². The van der Waals surface area contributed by atoms with E-state index in [0.717, 1.165) is 24.3 Å². The lowest BCUT2D eigenvalue weighted by Gasteiger charge is -2.24. The molecular formula is C16H14F2N2O5. The van der Waals surface area contributed by atoms with E-state index in [1.165, 1.54) is 7.11 Å². The number of esters is 1. The summed E-state index contributed by atoms with van der Waals surface area (Å²) >= 11 is 0. The first-order valence-electron chi connectivity index (χ1n) is 7.36. The highest BCUT2D eigenvalue weighted by Crippen LogP contribution is 2.25. The zero-order valence-corrected chi connectivity index (χ0v) is 13.2. The molecule has 3 rings (SSSR count). The minimum Gasteiger partial charge on any atom is -0.467 e. The standard InChI is InChI=1S/C16H14F2N2O5/c1-23-15(22)16(4-5-24-8-16)19-14(21)13-7-12(20-25-13)10-6-9(17)2-3-11(10)18/h2-3,6-7H,4-5,8H2,1H3,(H,19,21)/t16-/m1/s1. The van der Waals surface area contributed by atoms with Crippen molar-refractivity contribution in [3.8, 4) is 11.3 Å². The minimum absolute atomic E-state index is 0.0368. The first-order valence-corrected chi connectivity index (χ1v) is 7.36. The SMILES string of the molecule is COC(=O)[C@@]1(NC(=O)c2cc(-c3cc(F)ccc3F)no2)CCOC1. The molecule has 1 aromatic heterocycles. The van der Waals surface area contributed by atoms with E-state index in [0.29, 0.717) is 0 Å². The lowest BCUT2D eigenvalue weighted by molar-refractivity contribution is -0.148. The van der Waals surface area contributed by atoms with Gasteiger partial charge in [0.1, 0.15) is 17.3 Å². The Hall–Kier alpha value is -2.81. The number of nitrogens with zero attached hydrogens (tertiary/aromatic N) is 1. The van der Waals surface area contributed by atoms with Gasteiger partial charge in [0, 0.05) is 24.7 Å². The van der Waals surface area contributed by atoms with Crippen molar-refractivity contribution in [2.75, 3.05) is 20.3 Å². The topological polar surface area (TPSA) is 90.7 Å². The van der Waals surface area contributed by atoms with Gasteiger partial charge in [0.2, 0.25) is 5.76 Å². The zero-order chi connectivity index (χ0) is 18.0. The van der Waals surface area contributed by atoms with Gasteiger partial charge in [0.15, 0.2) is 5.54 Å². The van der Waals surface area contributed by atoms with Crippen molar-refractivity contribution in [3.05, 3.63) is 41.7 Å². The number of hydrogen-bond donors (Lipinski definition) is 1. The van der Waals surface area contributed by atoms with Crippen LogP contribution in [0.4, 0.5) is 8.78 Å². The number of carbonyl (C=O) groups is 2. The average molecular weight is 352 g/mol. The predicted molar refractivity (Wildman–Crippen MR) is 79.5 cm³/mol. The summed E-state index contributed by atoms with van der Waals surface area (Å²) in [7, 11) is 1.20. The van der Waals surface area contributed by atoms with Gasteiger partial charge >= 0.3 is 5.97 Å². The molecule has 1 atom stereocenters. The fraction of sp³-hybridized carbons (Fsp3) is 0.312. The molecule has 25 heavy (non-hydrogen) atoms. The highest BCUT2D eigenvalue weighted by Gasteiger charge is 2.45. The molecule has 2 heterocycles. The summed E-state index contributed by atoms with van der Waals surface area (Å²) in [6.07, 6.45) is 0.241. The van der Waals surface area contributed by atoms with Gasteiger partial charge in [-0.15, -0.1) is 0 Å². The summed E-state index contributed by atoms with van der Waals surface area (Å²) in [5.41, 5.74) is -1.50. The summed E-state index contributed by atoms with van der Waals surface area (Å²) in [6.45, 7) is 0.246. The van der Waals surface area contributed by atoms with Crippen LogP contribution in [0.25, 0.3) is 11.3 Å². The molecule has 1 aromatic carbocycles. The fourth-order valence-corrected chi connectivity index (χ4v) is 2.55. The van der Waals surface area contributed by atoms with E-state index in [4.69, 9.17) is 14.0 Å². The second kappa shape index (κ2) is 6.60. The van der Waals surface area contributed by atoms with Crippen LogP contribution in [0, 0.1) is 11.6 Å². The number of nitrogens with one attached hydrogen (secondary N) is 1. The van der Waals surface area contributed by atoms with Crippen LogP contribution in [0.1, 0.15) is 17.0 Å². The molecule has 1 N–H and O–H groups in total. The molecule has 0 aliphatic carbocycles. The van der Waals surface area contributed by atoms with Crippen LogP contribution < -0.4 is 5.32 Å². The Bertz CT molecular complexity index is 815. The normalized spacial score (nSPS) is 19.6. The largest absolute Gasteiger partial charge is 0.467 e. The molecule has 1 amide bonds. The van der Waals surface area contributed by atoms with Crippen molar-refractivity contribution in [2.24, 2.45) is 0 Å². The Morgan fingerprint density at radius 3 is 2.80 bits per heavy atom. The number of methoxy groups -OCH3 is 1. The second-order valence-corrected chi connectivity index (χ2v) is 5.53. The van der Waals surface area contributed by atoms with Gasteiger partial charge in [-0.3, -0.25) is 4.79 Å². The van der Waals surface area contributed by atoms with Gasteiger partial charge in [-0.25, -0.2) is 13.6 Å². The summed E-state index contributed by atoms with van der Waals surface area (Å²) in [6, 6.07) is 4.01. The number of rotatable bonds is 4. The number of ether oxygens (including phenoxy) is 2. The van der Waals surface area contributed by atoms with Crippen LogP contribution >= 0.6 is 0 Å². The van der Waals surface area contributed by atoms with Crippen LogP contribution in [0.2, 0.25) is 0 Å².